The molecule has 2 aromatic carbocycles. The standard InChI is InChI=1S/C29H32Cl2N4O6/c30-23-5-1-6-24(28(23)31)32-29(37)34(10-3-9-33-11-14-38-15-12-33)19-27(36)35(18-22-4-2-13-39-22)17-21-7-8-25-26(16-21)41-20-40-25/h1-2,4-8,13,16H,3,9-12,14-15,17-20H2,(H,32,37). The average molecular weight is 604 g/mol. The molecule has 0 saturated carbocycles. The number of anilines is 1. The third-order valence-electron chi connectivity index (χ3n) is 6.90. The van der Waals surface area contributed by atoms with Crippen molar-refractivity contribution in [2.45, 2.75) is 19.5 Å². The topological polar surface area (TPSA) is 96.7 Å². The molecule has 2 aliphatic heterocycles. The van der Waals surface area contributed by atoms with Gasteiger partial charge in [-0.3, -0.25) is 9.69 Å². The SMILES string of the molecule is O=C(CN(CCCN1CCOCC1)C(=O)Nc1cccc(Cl)c1Cl)N(Cc1ccc2c(c1)OCO2)Cc1ccco1. The molecule has 2 aliphatic rings. The number of amides is 3. The molecule has 0 spiro atoms. The molecule has 0 radical (unpaired) electrons. The van der Waals surface area contributed by atoms with Gasteiger partial charge < -0.3 is 33.7 Å². The second-order valence-corrected chi connectivity index (χ2v) is 10.6. The van der Waals surface area contributed by atoms with Gasteiger partial charge in [-0.05, 0) is 48.4 Å². The number of carbonyl (C=O) groups excluding carboxylic acids is 2. The molecule has 1 saturated heterocycles. The summed E-state index contributed by atoms with van der Waals surface area (Å²) in [5.41, 5.74) is 1.24. The molecule has 1 aromatic heterocycles. The maximum absolute atomic E-state index is 13.8. The minimum atomic E-state index is -0.439. The van der Waals surface area contributed by atoms with Gasteiger partial charge in [0.1, 0.15) is 12.3 Å². The van der Waals surface area contributed by atoms with Gasteiger partial charge in [0, 0.05) is 32.7 Å². The highest BCUT2D eigenvalue weighted by atomic mass is 35.5. The highest BCUT2D eigenvalue weighted by Crippen LogP contribution is 2.33. The molecule has 3 heterocycles. The van der Waals surface area contributed by atoms with E-state index in [0.29, 0.717) is 60.7 Å². The van der Waals surface area contributed by atoms with E-state index < -0.39 is 6.03 Å². The van der Waals surface area contributed by atoms with E-state index >= 15 is 0 Å². The minimum Gasteiger partial charge on any atom is -0.467 e. The van der Waals surface area contributed by atoms with Crippen LogP contribution in [0.3, 0.4) is 0 Å². The molecule has 0 atom stereocenters. The van der Waals surface area contributed by atoms with E-state index in [1.807, 2.05) is 24.3 Å². The lowest BCUT2D eigenvalue weighted by atomic mass is 10.2. The Kier molecular flexibility index (Phi) is 9.89. The Hall–Kier alpha value is -3.44. The van der Waals surface area contributed by atoms with Gasteiger partial charge in [0.05, 0.1) is 41.8 Å². The molecule has 3 aromatic rings. The van der Waals surface area contributed by atoms with Crippen LogP contribution >= 0.6 is 23.2 Å². The number of benzene rings is 2. The van der Waals surface area contributed by atoms with Crippen LogP contribution in [0.4, 0.5) is 10.5 Å². The third kappa shape index (κ3) is 7.85. The monoisotopic (exact) mass is 602 g/mol. The zero-order chi connectivity index (χ0) is 28.6. The smallest absolute Gasteiger partial charge is 0.322 e. The molecular weight excluding hydrogens is 571 g/mol. The van der Waals surface area contributed by atoms with Crippen LogP contribution in [-0.2, 0) is 22.6 Å². The van der Waals surface area contributed by atoms with Gasteiger partial charge in [-0.1, -0.05) is 35.3 Å². The molecule has 0 unspecified atom stereocenters. The Labute approximate surface area is 248 Å². The van der Waals surface area contributed by atoms with Crippen molar-refractivity contribution in [1.29, 1.82) is 0 Å². The summed E-state index contributed by atoms with van der Waals surface area (Å²) in [7, 11) is 0. The second-order valence-electron chi connectivity index (χ2n) is 9.78. The number of urea groups is 1. The number of fused-ring (bicyclic) bond motifs is 1. The largest absolute Gasteiger partial charge is 0.467 e. The van der Waals surface area contributed by atoms with Crippen LogP contribution in [0.15, 0.2) is 59.2 Å². The first-order chi connectivity index (χ1) is 20.0. The number of rotatable bonds is 11. The van der Waals surface area contributed by atoms with Gasteiger partial charge in [-0.15, -0.1) is 0 Å². The lowest BCUT2D eigenvalue weighted by molar-refractivity contribution is -0.133. The van der Waals surface area contributed by atoms with Crippen molar-refractivity contribution < 1.29 is 28.2 Å². The van der Waals surface area contributed by atoms with Crippen LogP contribution in [0.25, 0.3) is 0 Å². The van der Waals surface area contributed by atoms with Crippen molar-refractivity contribution >= 4 is 40.8 Å². The van der Waals surface area contributed by atoms with Gasteiger partial charge >= 0.3 is 6.03 Å². The molecule has 5 rings (SSSR count). The van der Waals surface area contributed by atoms with Crippen molar-refractivity contribution in [2.24, 2.45) is 0 Å². The van der Waals surface area contributed by atoms with Gasteiger partial charge in [0.2, 0.25) is 12.7 Å². The third-order valence-corrected chi connectivity index (χ3v) is 7.72. The van der Waals surface area contributed by atoms with Crippen molar-refractivity contribution in [3.8, 4) is 11.5 Å². The number of halogens is 2. The van der Waals surface area contributed by atoms with E-state index in [0.717, 1.165) is 25.2 Å². The fraction of sp³-hybridized carbons (Fsp3) is 0.379. The molecule has 1 N–H and O–H groups in total. The number of hydrogen-bond donors (Lipinski definition) is 1. The zero-order valence-corrected chi connectivity index (χ0v) is 24.0. The van der Waals surface area contributed by atoms with Crippen molar-refractivity contribution in [1.82, 2.24) is 14.7 Å². The molecule has 0 bridgehead atoms. The molecule has 1 fully saturated rings. The Morgan fingerprint density at radius 1 is 0.951 bits per heavy atom. The summed E-state index contributed by atoms with van der Waals surface area (Å²) in [5.74, 6) is 1.70. The highest BCUT2D eigenvalue weighted by molar-refractivity contribution is 6.43. The molecule has 10 nitrogen and oxygen atoms in total. The van der Waals surface area contributed by atoms with Crippen LogP contribution in [-0.4, -0.2) is 79.4 Å². The molecule has 12 heteroatoms. The quantitative estimate of drug-likeness (QED) is 0.326. The van der Waals surface area contributed by atoms with Crippen LogP contribution in [0.1, 0.15) is 17.7 Å². The van der Waals surface area contributed by atoms with Crippen molar-refractivity contribution in [2.75, 3.05) is 58.0 Å². The zero-order valence-electron chi connectivity index (χ0n) is 22.5. The summed E-state index contributed by atoms with van der Waals surface area (Å²) in [6, 6.07) is 13.7. The van der Waals surface area contributed by atoms with Crippen LogP contribution in [0.2, 0.25) is 10.0 Å². The molecule has 41 heavy (non-hydrogen) atoms. The van der Waals surface area contributed by atoms with E-state index in [2.05, 4.69) is 10.2 Å². The fourth-order valence-corrected chi connectivity index (χ4v) is 5.05. The summed E-state index contributed by atoms with van der Waals surface area (Å²) >= 11 is 12.5. The van der Waals surface area contributed by atoms with Crippen LogP contribution in [0, 0.1) is 0 Å². The Bertz CT molecular complexity index is 1330. The lowest BCUT2D eigenvalue weighted by Gasteiger charge is -2.30. The lowest BCUT2D eigenvalue weighted by Crippen LogP contribution is -2.45. The average Bonchev–Trinajstić information content (AvgIpc) is 3.67. The number of morpholine rings is 1. The molecular formula is C29H32Cl2N4O6. The predicted octanol–water partition coefficient (Wildman–Crippen LogP) is 5.10. The van der Waals surface area contributed by atoms with Crippen LogP contribution in [0.5, 0.6) is 11.5 Å². The molecule has 3 amide bonds. The van der Waals surface area contributed by atoms with E-state index in [1.165, 1.54) is 4.90 Å². The summed E-state index contributed by atoms with van der Waals surface area (Å²) in [6.07, 6.45) is 2.25. The number of nitrogens with one attached hydrogen (secondary N) is 1. The Morgan fingerprint density at radius 3 is 2.59 bits per heavy atom. The maximum Gasteiger partial charge on any atom is 0.322 e. The molecule has 0 aliphatic carbocycles. The number of carbonyl (C=O) groups is 2. The van der Waals surface area contributed by atoms with E-state index in [4.69, 9.17) is 41.8 Å². The summed E-state index contributed by atoms with van der Waals surface area (Å²) in [4.78, 5) is 32.7. The highest BCUT2D eigenvalue weighted by Gasteiger charge is 2.24. The van der Waals surface area contributed by atoms with Crippen LogP contribution < -0.4 is 14.8 Å². The number of furan rings is 1. The maximum atomic E-state index is 13.8. The van der Waals surface area contributed by atoms with Gasteiger partial charge in [-0.2, -0.15) is 0 Å². The minimum absolute atomic E-state index is 0.140. The van der Waals surface area contributed by atoms with Gasteiger partial charge in [0.25, 0.3) is 0 Å². The first kappa shape index (κ1) is 29.1. The first-order valence-corrected chi connectivity index (χ1v) is 14.2. The fourth-order valence-electron chi connectivity index (χ4n) is 4.70. The summed E-state index contributed by atoms with van der Waals surface area (Å²) in [6.45, 7) is 4.78. The van der Waals surface area contributed by atoms with Gasteiger partial charge in [0.15, 0.2) is 11.5 Å². The summed E-state index contributed by atoms with van der Waals surface area (Å²) < 4.78 is 21.9. The van der Waals surface area contributed by atoms with E-state index in [1.54, 1.807) is 35.4 Å². The first-order valence-electron chi connectivity index (χ1n) is 13.4. The number of nitrogens with zero attached hydrogens (tertiary/aromatic N) is 3. The molecule has 218 valence electrons. The Morgan fingerprint density at radius 2 is 1.78 bits per heavy atom. The number of hydrogen-bond acceptors (Lipinski definition) is 7. The van der Waals surface area contributed by atoms with Crippen molar-refractivity contribution in [3.63, 3.8) is 0 Å². The van der Waals surface area contributed by atoms with Crippen molar-refractivity contribution in [3.05, 3.63) is 76.2 Å². The second kappa shape index (κ2) is 14.0. The van der Waals surface area contributed by atoms with Gasteiger partial charge in [-0.25, -0.2) is 4.79 Å². The predicted molar refractivity (Wildman–Crippen MR) is 154 cm³/mol. The number of ether oxygens (including phenoxy) is 3. The van der Waals surface area contributed by atoms with E-state index in [9.17, 15) is 9.59 Å². The van der Waals surface area contributed by atoms with E-state index in [-0.39, 0.29) is 30.8 Å². The Balaban J connectivity index is 1.31. The normalized spacial score (nSPS) is 14.6. The summed E-state index contributed by atoms with van der Waals surface area (Å²) in [5, 5.41) is 3.39.